The van der Waals surface area contributed by atoms with Crippen molar-refractivity contribution in [2.75, 3.05) is 6.61 Å². The molecule has 0 radical (unpaired) electrons. The third-order valence-corrected chi connectivity index (χ3v) is 4.74. The first-order valence-corrected chi connectivity index (χ1v) is 9.78. The van der Waals surface area contributed by atoms with Gasteiger partial charge in [-0.25, -0.2) is 0 Å². The number of ether oxygens (including phenoxy) is 1. The number of thiophene rings is 1. The van der Waals surface area contributed by atoms with E-state index in [2.05, 4.69) is 16.2 Å². The van der Waals surface area contributed by atoms with Crippen LogP contribution in [0.4, 0.5) is 0 Å². The van der Waals surface area contributed by atoms with Crippen molar-refractivity contribution in [3.8, 4) is 5.75 Å². The molecule has 0 aliphatic rings. The average molecular weight is 404 g/mol. The molecule has 7 nitrogen and oxygen atoms in total. The lowest BCUT2D eigenvalue weighted by molar-refractivity contribution is -0.131. The fraction of sp³-hybridized carbons (Fsp3) is 0.350. The van der Waals surface area contributed by atoms with E-state index in [-0.39, 0.29) is 18.4 Å². The van der Waals surface area contributed by atoms with Gasteiger partial charge in [0, 0.05) is 0 Å². The van der Waals surface area contributed by atoms with Gasteiger partial charge in [0.2, 0.25) is 0 Å². The molecule has 0 saturated heterocycles. The van der Waals surface area contributed by atoms with Gasteiger partial charge in [0.25, 0.3) is 17.7 Å². The van der Waals surface area contributed by atoms with Gasteiger partial charge in [-0.05, 0) is 54.5 Å². The zero-order valence-corrected chi connectivity index (χ0v) is 17.2. The third-order valence-electron chi connectivity index (χ3n) is 3.87. The number of carbonyl (C=O) groups is 3. The Morgan fingerprint density at radius 1 is 1.07 bits per heavy atom. The fourth-order valence-corrected chi connectivity index (χ4v) is 3.19. The van der Waals surface area contributed by atoms with Gasteiger partial charge in [-0.15, -0.1) is 11.3 Å². The number of hydrogen-bond acceptors (Lipinski definition) is 5. The van der Waals surface area contributed by atoms with E-state index in [9.17, 15) is 14.4 Å². The minimum absolute atomic E-state index is 0.160. The number of hydrazine groups is 1. The molecule has 1 aromatic carbocycles. The molecule has 150 valence electrons. The van der Waals surface area contributed by atoms with Crippen molar-refractivity contribution >= 4 is 29.1 Å². The van der Waals surface area contributed by atoms with E-state index in [1.54, 1.807) is 17.5 Å². The molecular weight excluding hydrogens is 378 g/mol. The summed E-state index contributed by atoms with van der Waals surface area (Å²) in [5.41, 5.74) is 6.72. The largest absolute Gasteiger partial charge is 0.484 e. The zero-order valence-electron chi connectivity index (χ0n) is 16.4. The molecule has 28 heavy (non-hydrogen) atoms. The summed E-state index contributed by atoms with van der Waals surface area (Å²) < 4.78 is 5.45. The molecule has 0 unspecified atom stereocenters. The number of hydrogen-bond donors (Lipinski definition) is 3. The Morgan fingerprint density at radius 3 is 2.32 bits per heavy atom. The normalized spacial score (nSPS) is 11.6. The molecule has 0 fully saturated rings. The highest BCUT2D eigenvalue weighted by Gasteiger charge is 2.25. The Bertz CT molecular complexity index is 814. The van der Waals surface area contributed by atoms with E-state index in [4.69, 9.17) is 4.74 Å². The Hall–Kier alpha value is -2.87. The molecule has 0 aliphatic carbocycles. The lowest BCUT2D eigenvalue weighted by atomic mass is 10.0. The van der Waals surface area contributed by atoms with Crippen molar-refractivity contribution in [1.29, 1.82) is 0 Å². The van der Waals surface area contributed by atoms with Crippen LogP contribution in [0.25, 0.3) is 0 Å². The van der Waals surface area contributed by atoms with Gasteiger partial charge in [0.1, 0.15) is 11.8 Å². The molecular formula is C20H25N3O4S. The lowest BCUT2D eigenvalue weighted by Crippen LogP contribution is -2.54. The minimum atomic E-state index is -0.782. The van der Waals surface area contributed by atoms with Crippen LogP contribution in [0, 0.1) is 19.8 Å². The molecule has 1 atom stereocenters. The van der Waals surface area contributed by atoms with E-state index in [0.717, 1.165) is 11.1 Å². The number of rotatable bonds is 7. The Morgan fingerprint density at radius 2 is 1.75 bits per heavy atom. The summed E-state index contributed by atoms with van der Waals surface area (Å²) >= 11 is 1.29. The van der Waals surface area contributed by atoms with Crippen LogP contribution in [-0.2, 0) is 9.59 Å². The minimum Gasteiger partial charge on any atom is -0.484 e. The predicted octanol–water partition coefficient (Wildman–Crippen LogP) is 2.35. The number of benzene rings is 1. The van der Waals surface area contributed by atoms with Crippen LogP contribution in [0.15, 0.2) is 35.7 Å². The van der Waals surface area contributed by atoms with E-state index in [1.165, 1.54) is 11.3 Å². The number of carbonyl (C=O) groups excluding carboxylic acids is 3. The topological polar surface area (TPSA) is 96.5 Å². The molecule has 0 saturated carbocycles. The van der Waals surface area contributed by atoms with Crippen LogP contribution in [0.3, 0.4) is 0 Å². The van der Waals surface area contributed by atoms with Crippen LogP contribution in [0.1, 0.15) is 34.6 Å². The second-order valence-corrected chi connectivity index (χ2v) is 7.77. The van der Waals surface area contributed by atoms with E-state index >= 15 is 0 Å². The van der Waals surface area contributed by atoms with E-state index in [0.29, 0.717) is 10.6 Å². The molecule has 1 aromatic heterocycles. The van der Waals surface area contributed by atoms with E-state index in [1.807, 2.05) is 45.9 Å². The summed E-state index contributed by atoms with van der Waals surface area (Å²) in [4.78, 5) is 37.0. The maximum atomic E-state index is 12.4. The molecule has 2 aromatic rings. The zero-order chi connectivity index (χ0) is 20.7. The van der Waals surface area contributed by atoms with Gasteiger partial charge in [-0.1, -0.05) is 26.0 Å². The number of amides is 3. The maximum absolute atomic E-state index is 12.4. The first-order chi connectivity index (χ1) is 13.3. The highest BCUT2D eigenvalue weighted by molar-refractivity contribution is 7.12. The molecule has 2 rings (SSSR count). The van der Waals surface area contributed by atoms with Crippen molar-refractivity contribution in [2.24, 2.45) is 5.92 Å². The van der Waals surface area contributed by atoms with Crippen LogP contribution < -0.4 is 20.9 Å². The molecule has 8 heteroatoms. The standard InChI is InChI=1S/C20H25N3O4S/c1-12(2)18(21-19(25)16-6-5-7-28-16)20(26)23-22-17(24)11-27-15-9-13(3)8-14(4)10-15/h5-10,12,18H,11H2,1-4H3,(H,21,25)(H,22,24)(H,23,26)/t18-/m0/s1. The van der Waals surface area contributed by atoms with Gasteiger partial charge >= 0.3 is 0 Å². The number of aryl methyl sites for hydroxylation is 2. The highest BCUT2D eigenvalue weighted by atomic mass is 32.1. The number of nitrogens with one attached hydrogen (secondary N) is 3. The van der Waals surface area contributed by atoms with Crippen LogP contribution in [0.5, 0.6) is 5.75 Å². The molecule has 0 aliphatic heterocycles. The molecule has 1 heterocycles. The van der Waals surface area contributed by atoms with Crippen molar-refractivity contribution in [3.63, 3.8) is 0 Å². The molecule has 0 bridgehead atoms. The summed E-state index contributed by atoms with van der Waals surface area (Å²) in [6.45, 7) is 7.26. The fourth-order valence-electron chi connectivity index (χ4n) is 2.57. The monoisotopic (exact) mass is 403 g/mol. The second kappa shape index (κ2) is 9.89. The van der Waals surface area contributed by atoms with Gasteiger partial charge in [-0.2, -0.15) is 0 Å². The van der Waals surface area contributed by atoms with Crippen molar-refractivity contribution in [3.05, 3.63) is 51.7 Å². The summed E-state index contributed by atoms with van der Waals surface area (Å²) in [6.07, 6.45) is 0. The smallest absolute Gasteiger partial charge is 0.276 e. The van der Waals surface area contributed by atoms with Gasteiger partial charge in [-0.3, -0.25) is 25.2 Å². The predicted molar refractivity (Wildman–Crippen MR) is 108 cm³/mol. The van der Waals surface area contributed by atoms with Gasteiger partial charge in [0.15, 0.2) is 6.61 Å². The van der Waals surface area contributed by atoms with Gasteiger partial charge < -0.3 is 10.1 Å². The third kappa shape index (κ3) is 6.38. The van der Waals surface area contributed by atoms with Crippen molar-refractivity contribution in [1.82, 2.24) is 16.2 Å². The van der Waals surface area contributed by atoms with E-state index < -0.39 is 17.9 Å². The Balaban J connectivity index is 1.84. The van der Waals surface area contributed by atoms with Crippen molar-refractivity contribution < 1.29 is 19.1 Å². The van der Waals surface area contributed by atoms with Crippen LogP contribution >= 0.6 is 11.3 Å². The molecule has 3 N–H and O–H groups in total. The first kappa shape index (κ1) is 21.4. The van der Waals surface area contributed by atoms with Crippen LogP contribution in [-0.4, -0.2) is 30.4 Å². The Labute approximate surface area is 168 Å². The second-order valence-electron chi connectivity index (χ2n) is 6.82. The van der Waals surface area contributed by atoms with Crippen molar-refractivity contribution in [2.45, 2.75) is 33.7 Å². The van der Waals surface area contributed by atoms with Gasteiger partial charge in [0.05, 0.1) is 4.88 Å². The lowest BCUT2D eigenvalue weighted by Gasteiger charge is -2.21. The van der Waals surface area contributed by atoms with Crippen LogP contribution in [0.2, 0.25) is 0 Å². The average Bonchev–Trinajstić information content (AvgIpc) is 3.16. The SMILES string of the molecule is Cc1cc(C)cc(OCC(=O)NNC(=O)[C@@H](NC(=O)c2cccs2)C(C)C)c1. The summed E-state index contributed by atoms with van der Waals surface area (Å²) in [7, 11) is 0. The summed E-state index contributed by atoms with van der Waals surface area (Å²) in [5.74, 6) is -0.901. The molecule has 3 amide bonds. The Kier molecular flexibility index (Phi) is 7.57. The maximum Gasteiger partial charge on any atom is 0.276 e. The summed E-state index contributed by atoms with van der Waals surface area (Å²) in [6, 6.07) is 8.32. The first-order valence-electron chi connectivity index (χ1n) is 8.90. The highest BCUT2D eigenvalue weighted by Crippen LogP contribution is 2.16. The molecule has 0 spiro atoms. The quantitative estimate of drug-likeness (QED) is 0.618. The summed E-state index contributed by atoms with van der Waals surface area (Å²) in [5, 5.41) is 4.48.